The molecule has 3 aromatic rings. The summed E-state index contributed by atoms with van der Waals surface area (Å²) in [5, 5.41) is 13.9. The van der Waals surface area contributed by atoms with E-state index in [0.717, 1.165) is 6.42 Å². The predicted molar refractivity (Wildman–Crippen MR) is 90.8 cm³/mol. The third-order valence-corrected chi connectivity index (χ3v) is 4.46. The zero-order chi connectivity index (χ0) is 18.1. The second-order valence-electron chi connectivity index (χ2n) is 6.14. The minimum absolute atomic E-state index is 0.0610. The second kappa shape index (κ2) is 6.59. The summed E-state index contributed by atoms with van der Waals surface area (Å²) in [7, 11) is 0. The van der Waals surface area contributed by atoms with Crippen LogP contribution in [0.5, 0.6) is 5.75 Å². The average Bonchev–Trinajstić information content (AvgIpc) is 3.31. The van der Waals surface area contributed by atoms with Crippen molar-refractivity contribution in [1.82, 2.24) is 15.0 Å². The molecule has 132 valence electrons. The number of rotatable bonds is 3. The molecule has 1 amide bonds. The van der Waals surface area contributed by atoms with Crippen LogP contribution in [0.3, 0.4) is 0 Å². The van der Waals surface area contributed by atoms with E-state index in [-0.39, 0.29) is 34.9 Å². The first-order valence-corrected chi connectivity index (χ1v) is 8.32. The third kappa shape index (κ3) is 2.92. The van der Waals surface area contributed by atoms with E-state index < -0.39 is 0 Å². The molecular weight excluding hydrogens is 337 g/mol. The van der Waals surface area contributed by atoms with Crippen LogP contribution in [0, 0.1) is 5.82 Å². The van der Waals surface area contributed by atoms with Crippen molar-refractivity contribution in [2.24, 2.45) is 0 Å². The highest BCUT2D eigenvalue weighted by molar-refractivity contribution is 5.97. The Labute approximate surface area is 148 Å². The maximum absolute atomic E-state index is 13.4. The molecule has 0 spiro atoms. The summed E-state index contributed by atoms with van der Waals surface area (Å²) in [6.07, 6.45) is 1.48. The molecule has 0 bridgehead atoms. The van der Waals surface area contributed by atoms with E-state index in [9.17, 15) is 14.3 Å². The van der Waals surface area contributed by atoms with Gasteiger partial charge in [0.1, 0.15) is 17.6 Å². The topological polar surface area (TPSA) is 79.5 Å². The minimum Gasteiger partial charge on any atom is -0.507 e. The molecule has 1 aliphatic heterocycles. The second-order valence-corrected chi connectivity index (χ2v) is 6.14. The van der Waals surface area contributed by atoms with E-state index in [4.69, 9.17) is 4.52 Å². The standard InChI is InChI=1S/C19H16FN3O3/c20-13-6-3-5-12(11-13)17-21-18(26-22-17)15-8-4-10-23(15)19(25)14-7-1-2-9-16(14)24/h1-3,5-7,9,11,15,24H,4,8,10H2. The normalized spacial score (nSPS) is 16.8. The molecule has 7 heteroatoms. The number of likely N-dealkylation sites (tertiary alicyclic amines) is 1. The quantitative estimate of drug-likeness (QED) is 0.779. The molecular formula is C19H16FN3O3. The molecule has 2 aromatic carbocycles. The molecule has 4 rings (SSSR count). The van der Waals surface area contributed by atoms with Crippen molar-refractivity contribution in [3.05, 3.63) is 65.8 Å². The summed E-state index contributed by atoms with van der Waals surface area (Å²) < 4.78 is 18.7. The van der Waals surface area contributed by atoms with Crippen molar-refractivity contribution in [2.45, 2.75) is 18.9 Å². The van der Waals surface area contributed by atoms with Gasteiger partial charge in [-0.2, -0.15) is 4.98 Å². The minimum atomic E-state index is -0.383. The van der Waals surface area contributed by atoms with Crippen LogP contribution in [0.4, 0.5) is 4.39 Å². The van der Waals surface area contributed by atoms with Crippen molar-refractivity contribution < 1.29 is 18.8 Å². The molecule has 1 atom stereocenters. The number of carbonyl (C=O) groups excluding carboxylic acids is 1. The molecule has 1 unspecified atom stereocenters. The van der Waals surface area contributed by atoms with E-state index in [1.54, 1.807) is 35.2 Å². The van der Waals surface area contributed by atoms with Crippen molar-refractivity contribution in [2.75, 3.05) is 6.54 Å². The highest BCUT2D eigenvalue weighted by Gasteiger charge is 2.35. The number of benzene rings is 2. The molecule has 1 aliphatic rings. The summed E-state index contributed by atoms with van der Waals surface area (Å²) in [6, 6.07) is 12.0. The molecule has 6 nitrogen and oxygen atoms in total. The molecule has 2 heterocycles. The van der Waals surface area contributed by atoms with Crippen LogP contribution in [-0.4, -0.2) is 32.6 Å². The SMILES string of the molecule is O=C(c1ccccc1O)N1CCCC1c1nc(-c2cccc(F)c2)no1. The van der Waals surface area contributed by atoms with Crippen molar-refractivity contribution >= 4 is 5.91 Å². The van der Waals surface area contributed by atoms with Crippen molar-refractivity contribution in [3.8, 4) is 17.1 Å². The van der Waals surface area contributed by atoms with Gasteiger partial charge < -0.3 is 14.5 Å². The highest BCUT2D eigenvalue weighted by Crippen LogP contribution is 2.34. The fourth-order valence-electron chi connectivity index (χ4n) is 3.19. The number of nitrogens with zero attached hydrogens (tertiary/aromatic N) is 3. The number of aromatic hydroxyl groups is 1. The molecule has 0 radical (unpaired) electrons. The number of phenolic OH excluding ortho intramolecular Hbond substituents is 1. The van der Waals surface area contributed by atoms with Crippen LogP contribution >= 0.6 is 0 Å². The number of amides is 1. The summed E-state index contributed by atoms with van der Waals surface area (Å²) in [6.45, 7) is 0.537. The Hall–Kier alpha value is -3.22. The molecule has 1 aromatic heterocycles. The maximum Gasteiger partial charge on any atom is 0.258 e. The van der Waals surface area contributed by atoms with Crippen LogP contribution in [0.1, 0.15) is 35.1 Å². The van der Waals surface area contributed by atoms with Gasteiger partial charge in [0.05, 0.1) is 5.56 Å². The summed E-state index contributed by atoms with van der Waals surface area (Å²) >= 11 is 0. The van der Waals surface area contributed by atoms with Crippen LogP contribution in [-0.2, 0) is 0 Å². The first kappa shape index (κ1) is 16.3. The lowest BCUT2D eigenvalue weighted by Crippen LogP contribution is -2.30. The van der Waals surface area contributed by atoms with Crippen LogP contribution in [0.15, 0.2) is 53.1 Å². The monoisotopic (exact) mass is 353 g/mol. The van der Waals surface area contributed by atoms with Gasteiger partial charge in [0.25, 0.3) is 5.91 Å². The average molecular weight is 353 g/mol. The Balaban J connectivity index is 1.61. The van der Waals surface area contributed by atoms with Gasteiger partial charge in [0.15, 0.2) is 0 Å². The van der Waals surface area contributed by atoms with Crippen LogP contribution in [0.2, 0.25) is 0 Å². The fourth-order valence-corrected chi connectivity index (χ4v) is 3.19. The molecule has 1 N–H and O–H groups in total. The van der Waals surface area contributed by atoms with Gasteiger partial charge in [-0.05, 0) is 37.1 Å². The zero-order valence-electron chi connectivity index (χ0n) is 13.8. The lowest BCUT2D eigenvalue weighted by atomic mass is 10.1. The zero-order valence-corrected chi connectivity index (χ0v) is 13.8. The summed E-state index contributed by atoms with van der Waals surface area (Å²) in [5.41, 5.74) is 0.751. The molecule has 1 saturated heterocycles. The van der Waals surface area contributed by atoms with E-state index in [1.807, 2.05) is 0 Å². The fraction of sp³-hybridized carbons (Fsp3) is 0.211. The van der Waals surface area contributed by atoms with E-state index in [1.165, 1.54) is 18.2 Å². The number of para-hydroxylation sites is 1. The largest absolute Gasteiger partial charge is 0.507 e. The van der Waals surface area contributed by atoms with E-state index >= 15 is 0 Å². The van der Waals surface area contributed by atoms with Crippen LogP contribution < -0.4 is 0 Å². The van der Waals surface area contributed by atoms with Gasteiger partial charge in [-0.1, -0.05) is 29.4 Å². The summed E-state index contributed by atoms with van der Waals surface area (Å²) in [5.74, 6) is -0.136. The van der Waals surface area contributed by atoms with E-state index in [0.29, 0.717) is 24.4 Å². The van der Waals surface area contributed by atoms with Gasteiger partial charge in [0.2, 0.25) is 11.7 Å². The Bertz CT molecular complexity index is 956. The predicted octanol–water partition coefficient (Wildman–Crippen LogP) is 3.56. The molecule has 1 fully saturated rings. The van der Waals surface area contributed by atoms with Crippen molar-refractivity contribution in [1.29, 1.82) is 0 Å². The van der Waals surface area contributed by atoms with Gasteiger partial charge in [-0.15, -0.1) is 0 Å². The Kier molecular flexibility index (Phi) is 4.12. The number of halogens is 1. The lowest BCUT2D eigenvalue weighted by Gasteiger charge is -2.22. The number of hydrogen-bond donors (Lipinski definition) is 1. The Morgan fingerprint density at radius 1 is 1.23 bits per heavy atom. The van der Waals surface area contributed by atoms with E-state index in [2.05, 4.69) is 10.1 Å². The molecule has 0 aliphatic carbocycles. The summed E-state index contributed by atoms with van der Waals surface area (Å²) in [4.78, 5) is 18.8. The number of phenols is 1. The van der Waals surface area contributed by atoms with Gasteiger partial charge in [-0.25, -0.2) is 4.39 Å². The first-order valence-electron chi connectivity index (χ1n) is 8.32. The van der Waals surface area contributed by atoms with Crippen molar-refractivity contribution in [3.63, 3.8) is 0 Å². The number of aromatic nitrogens is 2. The Morgan fingerprint density at radius 3 is 2.88 bits per heavy atom. The third-order valence-electron chi connectivity index (χ3n) is 4.46. The molecule has 0 saturated carbocycles. The molecule has 26 heavy (non-hydrogen) atoms. The van der Waals surface area contributed by atoms with Gasteiger partial charge in [-0.3, -0.25) is 4.79 Å². The smallest absolute Gasteiger partial charge is 0.258 e. The van der Waals surface area contributed by atoms with Gasteiger partial charge >= 0.3 is 0 Å². The first-order chi connectivity index (χ1) is 12.6. The number of hydrogen-bond acceptors (Lipinski definition) is 5. The van der Waals surface area contributed by atoms with Gasteiger partial charge in [0, 0.05) is 12.1 Å². The lowest BCUT2D eigenvalue weighted by molar-refractivity contribution is 0.0707. The van der Waals surface area contributed by atoms with Crippen LogP contribution in [0.25, 0.3) is 11.4 Å². The highest BCUT2D eigenvalue weighted by atomic mass is 19.1. The number of carbonyl (C=O) groups is 1. The maximum atomic E-state index is 13.4. The Morgan fingerprint density at radius 2 is 2.08 bits per heavy atom.